The van der Waals surface area contributed by atoms with Crippen LogP contribution in [0.3, 0.4) is 0 Å². The number of anilines is 5. The van der Waals surface area contributed by atoms with Gasteiger partial charge in [-0.3, -0.25) is 14.4 Å². The lowest BCUT2D eigenvalue weighted by atomic mass is 10.1. The highest BCUT2D eigenvalue weighted by molar-refractivity contribution is 7.92. The van der Waals surface area contributed by atoms with Crippen LogP contribution in [0, 0.1) is 0 Å². The zero-order valence-electron chi connectivity index (χ0n) is 21.5. The Morgan fingerprint density at radius 3 is 2.64 bits per heavy atom. The molecule has 1 aliphatic heterocycles. The van der Waals surface area contributed by atoms with Gasteiger partial charge in [0.1, 0.15) is 10.8 Å². The Balaban J connectivity index is 1.46. The van der Waals surface area contributed by atoms with E-state index in [2.05, 4.69) is 35.5 Å². The van der Waals surface area contributed by atoms with Crippen molar-refractivity contribution in [2.75, 3.05) is 68.1 Å². The van der Waals surface area contributed by atoms with Crippen molar-refractivity contribution in [2.24, 2.45) is 0 Å². The maximum absolute atomic E-state index is 12.6. The van der Waals surface area contributed by atoms with Crippen molar-refractivity contribution < 1.29 is 22.7 Å². The molecular weight excluding hydrogens is 546 g/mol. The lowest BCUT2D eigenvalue weighted by Crippen LogP contribution is -2.39. The van der Waals surface area contributed by atoms with Gasteiger partial charge in [0, 0.05) is 32.7 Å². The van der Waals surface area contributed by atoms with Gasteiger partial charge in [-0.15, -0.1) is 0 Å². The summed E-state index contributed by atoms with van der Waals surface area (Å²) >= 11 is 6.32. The number of hydrogen-bond donors (Lipinski definition) is 4. The molecule has 1 aromatic heterocycles. The molecule has 1 fully saturated rings. The number of morpholine rings is 1. The lowest BCUT2D eigenvalue weighted by molar-refractivity contribution is 0.0408. The van der Waals surface area contributed by atoms with Crippen LogP contribution < -0.4 is 25.4 Å². The second kappa shape index (κ2) is 12.9. The molecule has 12 nitrogen and oxygen atoms in total. The number of rotatable bonds is 11. The van der Waals surface area contributed by atoms with Crippen LogP contribution in [0.15, 0.2) is 48.7 Å². The molecule has 0 spiro atoms. The number of methoxy groups -OCH3 is 1. The molecule has 208 valence electrons. The van der Waals surface area contributed by atoms with Gasteiger partial charge in [-0.2, -0.15) is 4.98 Å². The van der Waals surface area contributed by atoms with E-state index in [4.69, 9.17) is 21.1 Å². The fraction of sp³-hybridized carbons (Fsp3) is 0.320. The van der Waals surface area contributed by atoms with Gasteiger partial charge in [-0.1, -0.05) is 23.7 Å². The summed E-state index contributed by atoms with van der Waals surface area (Å²) in [6, 6.07) is 11.8. The van der Waals surface area contributed by atoms with E-state index >= 15 is 0 Å². The summed E-state index contributed by atoms with van der Waals surface area (Å²) in [5, 5.41) is 8.99. The highest BCUT2D eigenvalue weighted by Gasteiger charge is 2.18. The number of nitrogens with zero attached hydrogens (tertiary/aromatic N) is 3. The SMILES string of the molecule is CNC(=O)c1ccccc1Nc1nc(Nc2ccc(NS(=O)(=O)CCN3CCOCC3)cc2OC)ncc1Cl. The van der Waals surface area contributed by atoms with E-state index in [1.54, 1.807) is 49.5 Å². The molecule has 2 aromatic carbocycles. The Bertz CT molecular complexity index is 1420. The van der Waals surface area contributed by atoms with Crippen LogP contribution >= 0.6 is 11.6 Å². The first-order valence-corrected chi connectivity index (χ1v) is 14.2. The Morgan fingerprint density at radius 1 is 1.13 bits per heavy atom. The molecule has 0 saturated carbocycles. The Hall–Kier alpha value is -3.65. The number of aromatic nitrogens is 2. The van der Waals surface area contributed by atoms with Gasteiger partial charge in [0.05, 0.1) is 54.9 Å². The molecule has 2 heterocycles. The largest absolute Gasteiger partial charge is 0.494 e. The molecule has 1 amide bonds. The van der Waals surface area contributed by atoms with Crippen LogP contribution in [0.5, 0.6) is 5.75 Å². The zero-order valence-corrected chi connectivity index (χ0v) is 23.1. The topological polar surface area (TPSA) is 147 Å². The predicted molar refractivity (Wildman–Crippen MR) is 151 cm³/mol. The Labute approximate surface area is 232 Å². The van der Waals surface area contributed by atoms with Crippen molar-refractivity contribution in [2.45, 2.75) is 0 Å². The van der Waals surface area contributed by atoms with E-state index in [1.165, 1.54) is 13.3 Å². The quantitative estimate of drug-likeness (QED) is 0.269. The van der Waals surface area contributed by atoms with E-state index < -0.39 is 10.0 Å². The molecule has 0 bridgehead atoms. The first kappa shape index (κ1) is 28.4. The highest BCUT2D eigenvalue weighted by Crippen LogP contribution is 2.32. The van der Waals surface area contributed by atoms with Gasteiger partial charge in [0.15, 0.2) is 5.82 Å². The molecule has 3 aromatic rings. The number of hydrogen-bond acceptors (Lipinski definition) is 10. The molecule has 0 atom stereocenters. The summed E-state index contributed by atoms with van der Waals surface area (Å²) in [6.45, 7) is 3.07. The molecule has 1 saturated heterocycles. The Morgan fingerprint density at radius 2 is 1.90 bits per heavy atom. The van der Waals surface area contributed by atoms with Gasteiger partial charge in [0.25, 0.3) is 5.91 Å². The van der Waals surface area contributed by atoms with Gasteiger partial charge in [-0.05, 0) is 24.3 Å². The third kappa shape index (κ3) is 7.69. The van der Waals surface area contributed by atoms with Gasteiger partial charge in [0.2, 0.25) is 16.0 Å². The summed E-state index contributed by atoms with van der Waals surface area (Å²) in [6.07, 6.45) is 1.42. The number of nitrogens with one attached hydrogen (secondary N) is 4. The monoisotopic (exact) mass is 575 g/mol. The number of ether oxygens (including phenoxy) is 2. The minimum atomic E-state index is -3.57. The minimum Gasteiger partial charge on any atom is -0.494 e. The van der Waals surface area contributed by atoms with Gasteiger partial charge >= 0.3 is 0 Å². The Kier molecular flexibility index (Phi) is 9.41. The van der Waals surface area contributed by atoms with Crippen molar-refractivity contribution in [1.82, 2.24) is 20.2 Å². The van der Waals surface area contributed by atoms with Crippen LogP contribution in [0.4, 0.5) is 28.8 Å². The minimum absolute atomic E-state index is 0.0350. The normalized spacial score (nSPS) is 13.9. The molecule has 4 N–H and O–H groups in total. The molecule has 0 radical (unpaired) electrons. The average Bonchev–Trinajstić information content (AvgIpc) is 2.95. The molecule has 4 rings (SSSR count). The molecule has 1 aliphatic rings. The first-order valence-electron chi connectivity index (χ1n) is 12.1. The van der Waals surface area contributed by atoms with E-state index in [0.29, 0.717) is 61.2 Å². The third-order valence-electron chi connectivity index (χ3n) is 5.90. The number of carbonyl (C=O) groups is 1. The van der Waals surface area contributed by atoms with Crippen LogP contribution in [-0.2, 0) is 14.8 Å². The van der Waals surface area contributed by atoms with Crippen LogP contribution in [0.1, 0.15) is 10.4 Å². The second-order valence-electron chi connectivity index (χ2n) is 8.55. The van der Waals surface area contributed by atoms with E-state index in [9.17, 15) is 13.2 Å². The maximum atomic E-state index is 12.6. The predicted octanol–water partition coefficient (Wildman–Crippen LogP) is 3.06. The van der Waals surface area contributed by atoms with Crippen LogP contribution in [0.25, 0.3) is 0 Å². The number of halogens is 1. The molecule has 14 heteroatoms. The zero-order chi connectivity index (χ0) is 27.8. The molecule has 0 unspecified atom stereocenters. The first-order chi connectivity index (χ1) is 18.8. The third-order valence-corrected chi connectivity index (χ3v) is 7.44. The standard InChI is InChI=1S/C25H30ClN7O5S/c1-27-24(34)18-5-3-4-6-20(18)29-23-19(26)16-28-25(31-23)30-21-8-7-17(15-22(21)37-2)32-39(35,36)14-11-33-9-12-38-13-10-33/h3-8,15-16,32H,9-14H2,1-2H3,(H,27,34)(H2,28,29,30,31). The van der Waals surface area contributed by atoms with Crippen molar-refractivity contribution in [3.8, 4) is 5.75 Å². The molecular formula is C25H30ClN7O5S. The number of sulfonamides is 1. The number of carbonyl (C=O) groups excluding carboxylic acids is 1. The fourth-order valence-electron chi connectivity index (χ4n) is 3.85. The summed E-state index contributed by atoms with van der Waals surface area (Å²) < 4.78 is 38.6. The number of para-hydroxylation sites is 1. The van der Waals surface area contributed by atoms with Crippen LogP contribution in [-0.4, -0.2) is 82.0 Å². The van der Waals surface area contributed by atoms with Crippen molar-refractivity contribution in [1.29, 1.82) is 0 Å². The molecule has 39 heavy (non-hydrogen) atoms. The van der Waals surface area contributed by atoms with E-state index in [0.717, 1.165) is 0 Å². The second-order valence-corrected chi connectivity index (χ2v) is 10.8. The molecule has 0 aliphatic carbocycles. The van der Waals surface area contributed by atoms with E-state index in [-0.39, 0.29) is 28.4 Å². The smallest absolute Gasteiger partial charge is 0.253 e. The summed E-state index contributed by atoms with van der Waals surface area (Å²) in [5.74, 6) is 0.572. The van der Waals surface area contributed by atoms with E-state index in [1.807, 2.05) is 0 Å². The fourth-order valence-corrected chi connectivity index (χ4v) is 5.08. The summed E-state index contributed by atoms with van der Waals surface area (Å²) in [5.41, 5.74) is 1.82. The van der Waals surface area contributed by atoms with Crippen LogP contribution in [0.2, 0.25) is 5.02 Å². The van der Waals surface area contributed by atoms with Gasteiger partial charge in [-0.25, -0.2) is 13.4 Å². The highest BCUT2D eigenvalue weighted by atomic mass is 35.5. The number of benzene rings is 2. The number of amides is 1. The summed E-state index contributed by atoms with van der Waals surface area (Å²) in [7, 11) is -0.543. The van der Waals surface area contributed by atoms with Gasteiger partial charge < -0.3 is 25.4 Å². The van der Waals surface area contributed by atoms with Crippen molar-refractivity contribution in [3.05, 3.63) is 59.2 Å². The maximum Gasteiger partial charge on any atom is 0.253 e. The van der Waals surface area contributed by atoms with Crippen molar-refractivity contribution >= 4 is 56.4 Å². The summed E-state index contributed by atoms with van der Waals surface area (Å²) in [4.78, 5) is 22.9. The van der Waals surface area contributed by atoms with Crippen molar-refractivity contribution in [3.63, 3.8) is 0 Å². The average molecular weight is 576 g/mol. The lowest BCUT2D eigenvalue weighted by Gasteiger charge is -2.26.